The van der Waals surface area contributed by atoms with Gasteiger partial charge in [-0.25, -0.2) is 0 Å². The Balaban J connectivity index is 2.16. The predicted octanol–water partition coefficient (Wildman–Crippen LogP) is 3.78. The number of Topliss-reactive ketones (excluding diaryl/α,β-unsaturated/α-hetero) is 1. The minimum absolute atomic E-state index is 0.0635. The summed E-state index contributed by atoms with van der Waals surface area (Å²) in [6.45, 7) is 8.62. The fourth-order valence-electron chi connectivity index (χ4n) is 4.30. The number of hydrogen-bond acceptors (Lipinski definition) is 6. The molecule has 0 spiro atoms. The predicted molar refractivity (Wildman–Crippen MR) is 128 cm³/mol. The Morgan fingerprint density at radius 3 is 2.30 bits per heavy atom. The van der Waals surface area contributed by atoms with E-state index in [-0.39, 0.29) is 11.3 Å². The number of likely N-dealkylation sites (tertiary alicyclic amines) is 1. The number of carbonyl (C=O) groups is 2. The van der Waals surface area contributed by atoms with Crippen molar-refractivity contribution in [2.24, 2.45) is 0 Å². The van der Waals surface area contributed by atoms with E-state index in [0.29, 0.717) is 35.7 Å². The van der Waals surface area contributed by atoms with Crippen LogP contribution in [0.1, 0.15) is 36.6 Å². The quantitative estimate of drug-likeness (QED) is 0.354. The molecular weight excluding hydrogens is 420 g/mol. The molecule has 0 bridgehead atoms. The van der Waals surface area contributed by atoms with Crippen LogP contribution in [0.2, 0.25) is 0 Å². The SMILES string of the molecule is CCN(CC)CCN1C(=O)C(=O)C(=C(O)c2ccc(OC)c(C)c2)[C@@H]1c1ccccc1OC. The summed E-state index contributed by atoms with van der Waals surface area (Å²) in [6, 6.07) is 11.7. The van der Waals surface area contributed by atoms with Crippen LogP contribution in [0.4, 0.5) is 0 Å². The van der Waals surface area contributed by atoms with Crippen LogP contribution in [0.3, 0.4) is 0 Å². The summed E-state index contributed by atoms with van der Waals surface area (Å²) in [5, 5.41) is 11.3. The lowest BCUT2D eigenvalue weighted by molar-refractivity contribution is -0.140. The van der Waals surface area contributed by atoms with Crippen LogP contribution in [0.15, 0.2) is 48.0 Å². The first-order valence-corrected chi connectivity index (χ1v) is 11.2. The van der Waals surface area contributed by atoms with Crippen LogP contribution < -0.4 is 9.47 Å². The smallest absolute Gasteiger partial charge is 0.295 e. The Bertz CT molecular complexity index is 1060. The minimum atomic E-state index is -0.751. The second-order valence-corrected chi connectivity index (χ2v) is 7.95. The molecule has 1 amide bonds. The third kappa shape index (κ3) is 4.73. The van der Waals surface area contributed by atoms with Crippen LogP contribution in [0.25, 0.3) is 5.76 Å². The second kappa shape index (κ2) is 10.5. The zero-order valence-electron chi connectivity index (χ0n) is 19.9. The number of methoxy groups -OCH3 is 2. The first-order chi connectivity index (χ1) is 15.9. The van der Waals surface area contributed by atoms with Crippen LogP contribution in [0.5, 0.6) is 11.5 Å². The molecule has 1 aliphatic heterocycles. The Morgan fingerprint density at radius 2 is 1.70 bits per heavy atom. The molecule has 7 heteroatoms. The number of carbonyl (C=O) groups excluding carboxylic acids is 2. The number of aliphatic hydroxyl groups excluding tert-OH is 1. The lowest BCUT2D eigenvalue weighted by atomic mass is 9.94. The molecule has 1 heterocycles. The van der Waals surface area contributed by atoms with Gasteiger partial charge in [-0.3, -0.25) is 9.59 Å². The van der Waals surface area contributed by atoms with Gasteiger partial charge in [0.15, 0.2) is 0 Å². The molecule has 0 aliphatic carbocycles. The van der Waals surface area contributed by atoms with Gasteiger partial charge >= 0.3 is 0 Å². The average molecular weight is 453 g/mol. The molecule has 0 saturated carbocycles. The first kappa shape index (κ1) is 24.3. The molecule has 176 valence electrons. The van der Waals surface area contributed by atoms with E-state index in [1.54, 1.807) is 43.4 Å². The van der Waals surface area contributed by atoms with Crippen molar-refractivity contribution in [3.05, 3.63) is 64.7 Å². The first-order valence-electron chi connectivity index (χ1n) is 11.2. The maximum atomic E-state index is 13.2. The van der Waals surface area contributed by atoms with Crippen molar-refractivity contribution >= 4 is 17.4 Å². The van der Waals surface area contributed by atoms with E-state index >= 15 is 0 Å². The summed E-state index contributed by atoms with van der Waals surface area (Å²) in [7, 11) is 3.12. The average Bonchev–Trinajstić information content (AvgIpc) is 3.08. The van der Waals surface area contributed by atoms with Gasteiger partial charge in [-0.1, -0.05) is 32.0 Å². The number of benzene rings is 2. The van der Waals surface area contributed by atoms with Crippen LogP contribution in [-0.2, 0) is 9.59 Å². The number of aryl methyl sites for hydroxylation is 1. The number of ether oxygens (including phenoxy) is 2. The van der Waals surface area contributed by atoms with E-state index < -0.39 is 17.7 Å². The molecule has 1 N–H and O–H groups in total. The van der Waals surface area contributed by atoms with Gasteiger partial charge in [0.1, 0.15) is 17.3 Å². The summed E-state index contributed by atoms with van der Waals surface area (Å²) in [4.78, 5) is 30.1. The van der Waals surface area contributed by atoms with E-state index in [9.17, 15) is 14.7 Å². The van der Waals surface area contributed by atoms with E-state index in [2.05, 4.69) is 18.7 Å². The highest BCUT2D eigenvalue weighted by molar-refractivity contribution is 6.46. The van der Waals surface area contributed by atoms with Gasteiger partial charge in [0.2, 0.25) is 0 Å². The number of ketones is 1. The van der Waals surface area contributed by atoms with E-state index in [0.717, 1.165) is 18.7 Å². The molecule has 1 fully saturated rings. The van der Waals surface area contributed by atoms with Gasteiger partial charge in [-0.05, 0) is 49.8 Å². The van der Waals surface area contributed by atoms with Crippen LogP contribution >= 0.6 is 0 Å². The van der Waals surface area contributed by atoms with Crippen molar-refractivity contribution in [2.45, 2.75) is 26.8 Å². The zero-order valence-corrected chi connectivity index (χ0v) is 19.9. The lowest BCUT2D eigenvalue weighted by Gasteiger charge is -2.29. The van der Waals surface area contributed by atoms with Crippen molar-refractivity contribution in [3.8, 4) is 11.5 Å². The van der Waals surface area contributed by atoms with E-state index in [1.807, 2.05) is 25.1 Å². The fraction of sp³-hybridized carbons (Fsp3) is 0.385. The number of rotatable bonds is 9. The molecule has 7 nitrogen and oxygen atoms in total. The van der Waals surface area contributed by atoms with Gasteiger partial charge in [-0.2, -0.15) is 0 Å². The maximum absolute atomic E-state index is 13.2. The Kier molecular flexibility index (Phi) is 7.76. The number of amides is 1. The Labute approximate surface area is 195 Å². The van der Waals surface area contributed by atoms with Gasteiger partial charge in [0, 0.05) is 24.2 Å². The second-order valence-electron chi connectivity index (χ2n) is 7.95. The number of likely N-dealkylation sites (N-methyl/N-ethyl adjacent to an activating group) is 1. The Hall–Kier alpha value is -3.32. The normalized spacial score (nSPS) is 17.6. The largest absolute Gasteiger partial charge is 0.507 e. The molecule has 33 heavy (non-hydrogen) atoms. The van der Waals surface area contributed by atoms with Crippen LogP contribution in [0, 0.1) is 6.92 Å². The zero-order chi connectivity index (χ0) is 24.1. The molecule has 1 saturated heterocycles. The molecular formula is C26H32N2O5. The summed E-state index contributed by atoms with van der Waals surface area (Å²) in [5.41, 5.74) is 1.99. The van der Waals surface area contributed by atoms with E-state index in [1.165, 1.54) is 0 Å². The number of nitrogens with zero attached hydrogens (tertiary/aromatic N) is 2. The monoisotopic (exact) mass is 452 g/mol. The number of aliphatic hydroxyl groups is 1. The molecule has 2 aromatic rings. The van der Waals surface area contributed by atoms with Crippen molar-refractivity contribution in [3.63, 3.8) is 0 Å². The third-order valence-corrected chi connectivity index (χ3v) is 6.19. The fourth-order valence-corrected chi connectivity index (χ4v) is 4.30. The number of hydrogen-bond donors (Lipinski definition) is 1. The molecule has 0 unspecified atom stereocenters. The van der Waals surface area contributed by atoms with E-state index in [4.69, 9.17) is 9.47 Å². The molecule has 0 radical (unpaired) electrons. The number of para-hydroxylation sites is 1. The topological polar surface area (TPSA) is 79.3 Å². The van der Waals surface area contributed by atoms with Gasteiger partial charge in [0.25, 0.3) is 11.7 Å². The summed E-state index contributed by atoms with van der Waals surface area (Å²) in [6.07, 6.45) is 0. The molecule has 3 rings (SSSR count). The molecule has 1 atom stereocenters. The van der Waals surface area contributed by atoms with Crippen molar-refractivity contribution in [1.82, 2.24) is 9.80 Å². The van der Waals surface area contributed by atoms with Crippen molar-refractivity contribution < 1.29 is 24.2 Å². The summed E-state index contributed by atoms with van der Waals surface area (Å²) in [5.74, 6) is -0.303. The summed E-state index contributed by atoms with van der Waals surface area (Å²) < 4.78 is 10.9. The third-order valence-electron chi connectivity index (χ3n) is 6.19. The van der Waals surface area contributed by atoms with Crippen molar-refractivity contribution in [2.75, 3.05) is 40.4 Å². The van der Waals surface area contributed by atoms with Crippen molar-refractivity contribution in [1.29, 1.82) is 0 Å². The van der Waals surface area contributed by atoms with Crippen LogP contribution in [-0.4, -0.2) is 67.0 Å². The molecule has 2 aromatic carbocycles. The molecule has 0 aromatic heterocycles. The van der Waals surface area contributed by atoms with Gasteiger partial charge in [0.05, 0.1) is 25.8 Å². The minimum Gasteiger partial charge on any atom is -0.507 e. The van der Waals surface area contributed by atoms with Gasteiger partial charge < -0.3 is 24.4 Å². The summed E-state index contributed by atoms with van der Waals surface area (Å²) >= 11 is 0. The Morgan fingerprint density at radius 1 is 1.03 bits per heavy atom. The highest BCUT2D eigenvalue weighted by Gasteiger charge is 2.46. The molecule has 1 aliphatic rings. The highest BCUT2D eigenvalue weighted by atomic mass is 16.5. The van der Waals surface area contributed by atoms with Gasteiger partial charge in [-0.15, -0.1) is 0 Å². The maximum Gasteiger partial charge on any atom is 0.295 e. The standard InChI is InChI=1S/C26H32N2O5/c1-6-27(7-2)14-15-28-23(19-10-8-9-11-21(19)33-5)22(25(30)26(28)31)24(29)18-12-13-20(32-4)17(3)16-18/h8-13,16,23,29H,6-7,14-15H2,1-5H3/t23-/m0/s1. The lowest BCUT2D eigenvalue weighted by Crippen LogP contribution is -2.38. The highest BCUT2D eigenvalue weighted by Crippen LogP contribution is 2.42.